The Kier molecular flexibility index (Phi) is 6.57. The number of nitrogens with zero attached hydrogens (tertiary/aromatic N) is 3. The lowest BCUT2D eigenvalue weighted by atomic mass is 9.96. The van der Waals surface area contributed by atoms with Crippen molar-refractivity contribution in [1.82, 2.24) is 15.0 Å². The summed E-state index contributed by atoms with van der Waals surface area (Å²) in [5, 5.41) is 4.66. The van der Waals surface area contributed by atoms with Gasteiger partial charge in [-0.3, -0.25) is 0 Å². The fourth-order valence-corrected chi connectivity index (χ4v) is 6.62. The molecule has 222 valence electrons. The second-order valence-electron chi connectivity index (χ2n) is 12.0. The molecule has 0 aliphatic heterocycles. The Hall–Kier alpha value is -6.13. The number of hydrogen-bond acceptors (Lipinski definition) is 4. The average molecular weight is 604 g/mol. The van der Waals surface area contributed by atoms with Crippen molar-refractivity contribution in [1.29, 1.82) is 0 Å². The highest BCUT2D eigenvalue weighted by Gasteiger charge is 2.19. The Labute approximate surface area is 272 Å². The molecule has 4 heteroatoms. The molecule has 0 saturated heterocycles. The van der Waals surface area contributed by atoms with Crippen molar-refractivity contribution in [3.63, 3.8) is 0 Å². The third-order valence-electron chi connectivity index (χ3n) is 9.01. The molecule has 4 nitrogen and oxygen atoms in total. The summed E-state index contributed by atoms with van der Waals surface area (Å²) in [6.45, 7) is 0. The molecule has 1 aliphatic carbocycles. The van der Waals surface area contributed by atoms with E-state index in [4.69, 9.17) is 19.4 Å². The molecule has 6 aromatic carbocycles. The molecule has 2 heterocycles. The lowest BCUT2D eigenvalue weighted by molar-refractivity contribution is 0.669. The predicted octanol–water partition coefficient (Wildman–Crippen LogP) is 11.2. The van der Waals surface area contributed by atoms with Gasteiger partial charge in [0.1, 0.15) is 17.0 Å². The van der Waals surface area contributed by atoms with Crippen LogP contribution in [0.4, 0.5) is 0 Å². The Morgan fingerprint density at radius 3 is 2.13 bits per heavy atom. The first-order chi connectivity index (χ1) is 23.3. The van der Waals surface area contributed by atoms with E-state index in [1.54, 1.807) is 0 Å². The molecule has 9 rings (SSSR count). The Morgan fingerprint density at radius 2 is 1.26 bits per heavy atom. The zero-order valence-corrected chi connectivity index (χ0v) is 25.5. The number of furan rings is 1. The van der Waals surface area contributed by atoms with Crippen molar-refractivity contribution < 1.29 is 4.42 Å². The van der Waals surface area contributed by atoms with E-state index in [1.165, 1.54) is 16.3 Å². The zero-order chi connectivity index (χ0) is 31.2. The van der Waals surface area contributed by atoms with Crippen LogP contribution in [0.25, 0.3) is 77.7 Å². The Bertz CT molecular complexity index is 2510. The van der Waals surface area contributed by atoms with E-state index in [9.17, 15) is 0 Å². The van der Waals surface area contributed by atoms with Crippen molar-refractivity contribution in [3.05, 3.63) is 164 Å². The van der Waals surface area contributed by atoms with E-state index < -0.39 is 0 Å². The molecule has 1 unspecified atom stereocenters. The van der Waals surface area contributed by atoms with E-state index in [-0.39, 0.29) is 5.92 Å². The largest absolute Gasteiger partial charge is 0.456 e. The first-order valence-corrected chi connectivity index (χ1v) is 16.0. The first-order valence-electron chi connectivity index (χ1n) is 16.0. The molecule has 1 aliphatic rings. The molecule has 0 radical (unpaired) electrons. The molecular formula is C43H29N3O. The van der Waals surface area contributed by atoms with Crippen LogP contribution in [-0.4, -0.2) is 15.0 Å². The van der Waals surface area contributed by atoms with Crippen molar-refractivity contribution in [3.8, 4) is 45.0 Å². The molecule has 0 saturated carbocycles. The SMILES string of the molecule is C1=CCC(c2nc(-c3ccccc3)nc(-c3cccc(-c4cccc5oc6cc(-c7ccc8ccccc8c7)ccc6c45)c3)n2)C=C1. The van der Waals surface area contributed by atoms with E-state index >= 15 is 0 Å². The van der Waals surface area contributed by atoms with Gasteiger partial charge in [-0.25, -0.2) is 15.0 Å². The van der Waals surface area contributed by atoms with Crippen LogP contribution in [0.2, 0.25) is 0 Å². The van der Waals surface area contributed by atoms with Crippen LogP contribution in [0.5, 0.6) is 0 Å². The van der Waals surface area contributed by atoms with E-state index in [0.717, 1.165) is 62.0 Å². The maximum atomic E-state index is 6.48. The topological polar surface area (TPSA) is 51.8 Å². The van der Waals surface area contributed by atoms with Gasteiger partial charge in [-0.1, -0.05) is 127 Å². The fourth-order valence-electron chi connectivity index (χ4n) is 6.62. The molecule has 47 heavy (non-hydrogen) atoms. The second-order valence-corrected chi connectivity index (χ2v) is 12.0. The minimum absolute atomic E-state index is 0.109. The molecule has 8 aromatic rings. The Morgan fingerprint density at radius 1 is 0.511 bits per heavy atom. The second kappa shape index (κ2) is 11.3. The molecule has 0 spiro atoms. The number of rotatable bonds is 5. The summed E-state index contributed by atoms with van der Waals surface area (Å²) in [5.41, 5.74) is 8.16. The van der Waals surface area contributed by atoms with Crippen molar-refractivity contribution in [2.75, 3.05) is 0 Å². The molecule has 2 aromatic heterocycles. The quantitative estimate of drug-likeness (QED) is 0.196. The van der Waals surface area contributed by atoms with Crippen LogP contribution in [-0.2, 0) is 0 Å². The minimum Gasteiger partial charge on any atom is -0.456 e. The van der Waals surface area contributed by atoms with Crippen molar-refractivity contribution >= 4 is 32.7 Å². The Balaban J connectivity index is 1.14. The number of hydrogen-bond donors (Lipinski definition) is 0. The van der Waals surface area contributed by atoms with Gasteiger partial charge in [0.15, 0.2) is 11.6 Å². The van der Waals surface area contributed by atoms with E-state index in [2.05, 4.69) is 127 Å². The van der Waals surface area contributed by atoms with Crippen LogP contribution in [0, 0.1) is 0 Å². The van der Waals surface area contributed by atoms with E-state index in [0.29, 0.717) is 11.6 Å². The molecule has 0 fully saturated rings. The summed E-state index contributed by atoms with van der Waals surface area (Å²) in [5.74, 6) is 2.25. The maximum absolute atomic E-state index is 6.48. The summed E-state index contributed by atoms with van der Waals surface area (Å²) in [7, 11) is 0. The molecule has 0 N–H and O–H groups in total. The molecule has 1 atom stereocenters. The number of aromatic nitrogens is 3. The highest BCUT2D eigenvalue weighted by molar-refractivity contribution is 6.13. The summed E-state index contributed by atoms with van der Waals surface area (Å²) in [4.78, 5) is 14.9. The van der Waals surface area contributed by atoms with Gasteiger partial charge in [0.05, 0.1) is 0 Å². The van der Waals surface area contributed by atoms with Crippen molar-refractivity contribution in [2.45, 2.75) is 12.3 Å². The minimum atomic E-state index is 0.109. The van der Waals surface area contributed by atoms with E-state index in [1.807, 2.05) is 30.3 Å². The summed E-state index contributed by atoms with van der Waals surface area (Å²) < 4.78 is 6.48. The normalized spacial score (nSPS) is 14.3. The first kappa shape index (κ1) is 27.2. The lowest BCUT2D eigenvalue weighted by Gasteiger charge is -2.14. The van der Waals surface area contributed by atoms with Crippen molar-refractivity contribution in [2.24, 2.45) is 0 Å². The summed E-state index contributed by atoms with van der Waals surface area (Å²) in [6, 6.07) is 46.5. The maximum Gasteiger partial charge on any atom is 0.163 e. The summed E-state index contributed by atoms with van der Waals surface area (Å²) >= 11 is 0. The number of fused-ring (bicyclic) bond motifs is 4. The third kappa shape index (κ3) is 5.01. The van der Waals surface area contributed by atoms with Gasteiger partial charge in [-0.2, -0.15) is 0 Å². The highest BCUT2D eigenvalue weighted by atomic mass is 16.3. The van der Waals surface area contributed by atoms with Crippen LogP contribution >= 0.6 is 0 Å². The smallest absolute Gasteiger partial charge is 0.163 e. The number of benzene rings is 6. The van der Waals surface area contributed by atoms with Gasteiger partial charge in [0, 0.05) is 27.8 Å². The van der Waals surface area contributed by atoms with Crippen LogP contribution < -0.4 is 0 Å². The highest BCUT2D eigenvalue weighted by Crippen LogP contribution is 2.39. The van der Waals surface area contributed by atoms with Gasteiger partial charge in [-0.05, 0) is 69.8 Å². The summed E-state index contributed by atoms with van der Waals surface area (Å²) in [6.07, 6.45) is 9.34. The van der Waals surface area contributed by atoms with Gasteiger partial charge >= 0.3 is 0 Å². The average Bonchev–Trinajstić information content (AvgIpc) is 3.53. The standard InChI is InChI=1S/C43H29N3O/c1-3-12-29(13-4-1)41-44-42(30-14-5-2-6-15-30)46-43(45-41)35-18-9-17-34(26-35)36-19-10-20-38-40(36)37-24-23-33(27-39(37)47-38)32-22-21-28-11-7-8-16-31(28)25-32/h1-14,16-27,30H,15H2. The monoisotopic (exact) mass is 603 g/mol. The van der Waals surface area contributed by atoms with Gasteiger partial charge in [0.2, 0.25) is 0 Å². The lowest BCUT2D eigenvalue weighted by Crippen LogP contribution is -2.07. The third-order valence-corrected chi connectivity index (χ3v) is 9.01. The van der Waals surface area contributed by atoms with Crippen LogP contribution in [0.3, 0.4) is 0 Å². The van der Waals surface area contributed by atoms with Crippen LogP contribution in [0.15, 0.2) is 162 Å². The van der Waals surface area contributed by atoms with Crippen LogP contribution in [0.1, 0.15) is 18.2 Å². The molecule has 0 bridgehead atoms. The fraction of sp³-hybridized carbons (Fsp3) is 0.0465. The molecular weight excluding hydrogens is 574 g/mol. The van der Waals surface area contributed by atoms with Gasteiger partial charge in [0.25, 0.3) is 0 Å². The number of allylic oxidation sites excluding steroid dienone is 4. The van der Waals surface area contributed by atoms with Gasteiger partial charge < -0.3 is 4.42 Å². The predicted molar refractivity (Wildman–Crippen MR) is 192 cm³/mol. The zero-order valence-electron chi connectivity index (χ0n) is 25.5. The molecule has 0 amide bonds. The van der Waals surface area contributed by atoms with Gasteiger partial charge in [-0.15, -0.1) is 0 Å².